The lowest BCUT2D eigenvalue weighted by Crippen LogP contribution is -2.34. The lowest BCUT2D eigenvalue weighted by Gasteiger charge is -2.14. The molecule has 1 aliphatic heterocycles. The Kier molecular flexibility index (Phi) is 4.24. The maximum atomic E-state index is 12.4. The van der Waals surface area contributed by atoms with Gasteiger partial charge in [-0.3, -0.25) is 24.3 Å². The second kappa shape index (κ2) is 6.71. The van der Waals surface area contributed by atoms with Crippen LogP contribution in [0.4, 0.5) is 5.69 Å². The van der Waals surface area contributed by atoms with E-state index < -0.39 is 0 Å². The highest BCUT2D eigenvalue weighted by Gasteiger charge is 2.46. The van der Waals surface area contributed by atoms with Gasteiger partial charge in [0.15, 0.2) is 0 Å². The van der Waals surface area contributed by atoms with Crippen LogP contribution >= 0.6 is 0 Å². The summed E-state index contributed by atoms with van der Waals surface area (Å²) in [7, 11) is 0. The van der Waals surface area contributed by atoms with E-state index in [0.717, 1.165) is 5.39 Å². The van der Waals surface area contributed by atoms with Crippen LogP contribution in [0, 0.1) is 11.8 Å². The summed E-state index contributed by atoms with van der Waals surface area (Å²) >= 11 is 0. The van der Waals surface area contributed by atoms with E-state index >= 15 is 0 Å². The number of amides is 3. The minimum Gasteiger partial charge on any atom is -0.324 e. The van der Waals surface area contributed by atoms with Gasteiger partial charge in [-0.25, -0.2) is 0 Å². The van der Waals surface area contributed by atoms with Crippen LogP contribution in [-0.2, 0) is 14.4 Å². The van der Waals surface area contributed by atoms with E-state index in [9.17, 15) is 14.4 Å². The monoisotopic (exact) mass is 349 g/mol. The summed E-state index contributed by atoms with van der Waals surface area (Å²) in [6.45, 7) is 0.120. The Balaban J connectivity index is 1.41. The van der Waals surface area contributed by atoms with Gasteiger partial charge in [-0.05, 0) is 25.0 Å². The Bertz CT molecular complexity index is 890. The van der Waals surface area contributed by atoms with Gasteiger partial charge in [-0.2, -0.15) is 0 Å². The van der Waals surface area contributed by atoms with Crippen molar-refractivity contribution >= 4 is 34.3 Å². The van der Waals surface area contributed by atoms with Crippen molar-refractivity contribution in [3.63, 3.8) is 0 Å². The van der Waals surface area contributed by atoms with Crippen molar-refractivity contribution in [1.82, 2.24) is 9.88 Å². The van der Waals surface area contributed by atoms with Gasteiger partial charge in [-0.1, -0.05) is 30.4 Å². The van der Waals surface area contributed by atoms with Crippen molar-refractivity contribution in [3.05, 3.63) is 48.7 Å². The summed E-state index contributed by atoms with van der Waals surface area (Å²) in [6, 6.07) is 9.34. The molecule has 1 aromatic carbocycles. The summed E-state index contributed by atoms with van der Waals surface area (Å²) in [6.07, 6.45) is 6.88. The van der Waals surface area contributed by atoms with E-state index in [1.165, 1.54) is 4.90 Å². The molecule has 0 unspecified atom stereocenters. The Morgan fingerprint density at radius 3 is 2.50 bits per heavy atom. The molecule has 26 heavy (non-hydrogen) atoms. The van der Waals surface area contributed by atoms with Crippen LogP contribution < -0.4 is 5.32 Å². The van der Waals surface area contributed by atoms with Crippen molar-refractivity contribution in [1.29, 1.82) is 0 Å². The third kappa shape index (κ3) is 2.87. The highest BCUT2D eigenvalue weighted by molar-refractivity contribution is 6.06. The van der Waals surface area contributed by atoms with Gasteiger partial charge in [0.25, 0.3) is 0 Å². The van der Waals surface area contributed by atoms with E-state index in [1.807, 2.05) is 36.4 Å². The molecule has 4 rings (SSSR count). The maximum Gasteiger partial charge on any atom is 0.233 e. The van der Waals surface area contributed by atoms with Crippen LogP contribution in [-0.4, -0.2) is 34.2 Å². The number of hydrogen-bond acceptors (Lipinski definition) is 4. The quantitative estimate of drug-likeness (QED) is 0.679. The number of para-hydroxylation sites is 1. The molecule has 6 nitrogen and oxygen atoms in total. The van der Waals surface area contributed by atoms with Crippen LogP contribution in [0.15, 0.2) is 48.7 Å². The van der Waals surface area contributed by atoms with Crippen molar-refractivity contribution < 1.29 is 14.4 Å². The molecule has 0 bridgehead atoms. The van der Waals surface area contributed by atoms with Gasteiger partial charge in [-0.15, -0.1) is 0 Å². The third-order valence-electron chi connectivity index (χ3n) is 5.07. The number of carbonyl (C=O) groups excluding carboxylic acids is 3. The fraction of sp³-hybridized carbons (Fsp3) is 0.300. The largest absolute Gasteiger partial charge is 0.324 e. The van der Waals surface area contributed by atoms with Crippen LogP contribution in [0.5, 0.6) is 0 Å². The lowest BCUT2D eigenvalue weighted by atomic mass is 9.85. The number of pyridine rings is 1. The normalized spacial score (nSPS) is 21.9. The Morgan fingerprint density at radius 1 is 1.08 bits per heavy atom. The first-order valence-corrected chi connectivity index (χ1v) is 8.79. The van der Waals surface area contributed by atoms with Crippen LogP contribution in [0.1, 0.15) is 19.3 Å². The van der Waals surface area contributed by atoms with Gasteiger partial charge >= 0.3 is 0 Å². The second-order valence-electron chi connectivity index (χ2n) is 6.66. The Hall–Kier alpha value is -3.02. The average Bonchev–Trinajstić information content (AvgIpc) is 2.91. The number of nitrogens with zero attached hydrogens (tertiary/aromatic N) is 2. The van der Waals surface area contributed by atoms with Gasteiger partial charge in [0.1, 0.15) is 0 Å². The minimum absolute atomic E-state index is 0.0770. The topological polar surface area (TPSA) is 79.4 Å². The molecular formula is C20H19N3O3. The number of allylic oxidation sites excluding steroid dienone is 2. The zero-order valence-electron chi connectivity index (χ0n) is 14.2. The molecule has 0 spiro atoms. The molecule has 1 fully saturated rings. The first-order valence-electron chi connectivity index (χ1n) is 8.79. The maximum absolute atomic E-state index is 12.4. The van der Waals surface area contributed by atoms with Crippen LogP contribution in [0.2, 0.25) is 0 Å². The number of nitrogens with one attached hydrogen (secondary N) is 1. The van der Waals surface area contributed by atoms with Gasteiger partial charge < -0.3 is 5.32 Å². The zero-order chi connectivity index (χ0) is 18.1. The number of hydrogen-bond donors (Lipinski definition) is 1. The molecule has 6 heteroatoms. The van der Waals surface area contributed by atoms with E-state index in [1.54, 1.807) is 12.3 Å². The first-order chi connectivity index (χ1) is 12.6. The molecule has 2 heterocycles. The number of aromatic nitrogens is 1. The molecule has 2 atom stereocenters. The molecule has 3 amide bonds. The summed E-state index contributed by atoms with van der Waals surface area (Å²) in [5.41, 5.74) is 1.35. The number of anilines is 1. The van der Waals surface area contributed by atoms with Crippen LogP contribution in [0.3, 0.4) is 0 Å². The number of benzene rings is 1. The second-order valence-corrected chi connectivity index (χ2v) is 6.66. The van der Waals surface area contributed by atoms with Crippen molar-refractivity contribution in [3.8, 4) is 0 Å². The van der Waals surface area contributed by atoms with Crippen molar-refractivity contribution in [2.45, 2.75) is 19.3 Å². The van der Waals surface area contributed by atoms with E-state index in [2.05, 4.69) is 10.3 Å². The fourth-order valence-electron chi connectivity index (χ4n) is 3.72. The molecule has 2 aromatic rings. The summed E-state index contributed by atoms with van der Waals surface area (Å²) in [5, 5.41) is 3.78. The van der Waals surface area contributed by atoms with Crippen LogP contribution in [0.25, 0.3) is 10.9 Å². The summed E-state index contributed by atoms with van der Waals surface area (Å²) in [5.74, 6) is -1.04. The Morgan fingerprint density at radius 2 is 1.77 bits per heavy atom. The number of imide groups is 1. The molecule has 2 aliphatic rings. The van der Waals surface area contributed by atoms with Gasteiger partial charge in [0.2, 0.25) is 17.7 Å². The standard InChI is InChI=1S/C20H19N3O3/c24-17(22-16-9-3-5-13-6-4-11-21-18(13)16)10-12-23-19(25)14-7-1-2-8-15(14)20(23)26/h1-6,9,11,14-15H,7-8,10,12H2,(H,22,24)/t14-,15+. The molecular weight excluding hydrogens is 330 g/mol. The SMILES string of the molecule is O=C(CCN1C(=O)[C@H]2CC=CC[C@H]2C1=O)Nc1cccc2cccnc12. The molecule has 1 N–H and O–H groups in total. The third-order valence-corrected chi connectivity index (χ3v) is 5.07. The highest BCUT2D eigenvalue weighted by atomic mass is 16.2. The smallest absolute Gasteiger partial charge is 0.233 e. The zero-order valence-corrected chi connectivity index (χ0v) is 14.2. The van der Waals surface area contributed by atoms with Gasteiger partial charge in [0.05, 0.1) is 23.0 Å². The van der Waals surface area contributed by atoms with Crippen molar-refractivity contribution in [2.24, 2.45) is 11.8 Å². The summed E-state index contributed by atoms with van der Waals surface area (Å²) in [4.78, 5) is 42.7. The Labute approximate surface area is 150 Å². The molecule has 0 saturated carbocycles. The number of carbonyl (C=O) groups is 3. The molecule has 0 radical (unpaired) electrons. The minimum atomic E-state index is -0.252. The number of rotatable bonds is 4. The molecule has 1 aromatic heterocycles. The fourth-order valence-corrected chi connectivity index (χ4v) is 3.72. The molecule has 1 aliphatic carbocycles. The summed E-state index contributed by atoms with van der Waals surface area (Å²) < 4.78 is 0. The number of likely N-dealkylation sites (tertiary alicyclic amines) is 1. The predicted molar refractivity (Wildman–Crippen MR) is 97.1 cm³/mol. The number of fused-ring (bicyclic) bond motifs is 2. The molecule has 1 saturated heterocycles. The van der Waals surface area contributed by atoms with E-state index in [0.29, 0.717) is 24.0 Å². The predicted octanol–water partition coefficient (Wildman–Crippen LogP) is 2.51. The molecule has 132 valence electrons. The lowest BCUT2D eigenvalue weighted by molar-refractivity contribution is -0.140. The average molecular weight is 349 g/mol. The van der Waals surface area contributed by atoms with Gasteiger partial charge in [0, 0.05) is 24.5 Å². The van der Waals surface area contributed by atoms with E-state index in [4.69, 9.17) is 0 Å². The van der Waals surface area contributed by atoms with E-state index in [-0.39, 0.29) is 42.5 Å². The highest BCUT2D eigenvalue weighted by Crippen LogP contribution is 2.35. The van der Waals surface area contributed by atoms with Crippen molar-refractivity contribution in [2.75, 3.05) is 11.9 Å². The first kappa shape index (κ1) is 16.4.